The van der Waals surface area contributed by atoms with E-state index >= 15 is 0 Å². The topological polar surface area (TPSA) is 80.4 Å². The summed E-state index contributed by atoms with van der Waals surface area (Å²) in [6.45, 7) is 2.20. The summed E-state index contributed by atoms with van der Waals surface area (Å²) in [4.78, 5) is 23.3. The number of nitrogen functional groups attached to an aromatic ring is 1. The SMILES string of the molecule is CC1CCC(C(=O)c2csc(C(=O)O)c2N)CC1. The van der Waals surface area contributed by atoms with Crippen LogP contribution in [0.25, 0.3) is 0 Å². The lowest BCUT2D eigenvalue weighted by molar-refractivity contribution is 0.0703. The Labute approximate surface area is 110 Å². The molecule has 3 N–H and O–H groups in total. The average Bonchev–Trinajstić information content (AvgIpc) is 2.71. The Kier molecular flexibility index (Phi) is 3.71. The molecule has 5 heteroatoms. The summed E-state index contributed by atoms with van der Waals surface area (Å²) in [5.74, 6) is -0.347. The van der Waals surface area contributed by atoms with Gasteiger partial charge in [0.05, 0.1) is 11.3 Å². The number of hydrogen-bond donors (Lipinski definition) is 2. The number of nitrogens with two attached hydrogens (primary N) is 1. The minimum atomic E-state index is -1.06. The Morgan fingerprint density at radius 3 is 2.44 bits per heavy atom. The predicted octanol–water partition coefficient (Wildman–Crippen LogP) is 3.04. The maximum atomic E-state index is 12.3. The van der Waals surface area contributed by atoms with Gasteiger partial charge in [0.15, 0.2) is 5.78 Å². The number of Topliss-reactive ketones (excluding diaryl/α,β-unsaturated/α-hetero) is 1. The molecule has 1 aliphatic rings. The third-order valence-electron chi connectivity index (χ3n) is 3.68. The fraction of sp³-hybridized carbons (Fsp3) is 0.538. The van der Waals surface area contributed by atoms with Crippen molar-refractivity contribution >= 4 is 28.8 Å². The van der Waals surface area contributed by atoms with Crippen LogP contribution >= 0.6 is 11.3 Å². The molecule has 0 radical (unpaired) electrons. The minimum Gasteiger partial charge on any atom is -0.477 e. The molecule has 0 unspecified atom stereocenters. The Morgan fingerprint density at radius 1 is 1.33 bits per heavy atom. The van der Waals surface area contributed by atoms with Gasteiger partial charge in [0.1, 0.15) is 4.88 Å². The highest BCUT2D eigenvalue weighted by Crippen LogP contribution is 2.34. The van der Waals surface area contributed by atoms with E-state index in [0.717, 1.165) is 37.0 Å². The van der Waals surface area contributed by atoms with E-state index in [9.17, 15) is 9.59 Å². The fourth-order valence-electron chi connectivity index (χ4n) is 2.47. The molecule has 0 saturated heterocycles. The average molecular weight is 267 g/mol. The van der Waals surface area contributed by atoms with Crippen molar-refractivity contribution < 1.29 is 14.7 Å². The number of carboxylic acid groups (broad SMARTS) is 1. The quantitative estimate of drug-likeness (QED) is 0.825. The highest BCUT2D eigenvalue weighted by Gasteiger charge is 2.28. The number of thiophene rings is 1. The molecule has 98 valence electrons. The van der Waals surface area contributed by atoms with Gasteiger partial charge < -0.3 is 10.8 Å². The van der Waals surface area contributed by atoms with Gasteiger partial charge in [0.2, 0.25) is 0 Å². The first-order valence-electron chi connectivity index (χ1n) is 6.15. The molecule has 4 nitrogen and oxygen atoms in total. The monoisotopic (exact) mass is 267 g/mol. The van der Waals surface area contributed by atoms with E-state index in [0.29, 0.717) is 11.5 Å². The van der Waals surface area contributed by atoms with Gasteiger partial charge in [-0.25, -0.2) is 4.79 Å². The van der Waals surface area contributed by atoms with E-state index < -0.39 is 5.97 Å². The summed E-state index contributed by atoms with van der Waals surface area (Å²) in [5.41, 5.74) is 6.28. The van der Waals surface area contributed by atoms with E-state index in [2.05, 4.69) is 6.92 Å². The summed E-state index contributed by atoms with van der Waals surface area (Å²) < 4.78 is 0. The zero-order valence-electron chi connectivity index (χ0n) is 10.3. The second-order valence-corrected chi connectivity index (χ2v) is 5.90. The van der Waals surface area contributed by atoms with Gasteiger partial charge in [0, 0.05) is 11.3 Å². The number of ketones is 1. The van der Waals surface area contributed by atoms with Crippen LogP contribution < -0.4 is 5.73 Å². The lowest BCUT2D eigenvalue weighted by Crippen LogP contribution is -2.21. The zero-order chi connectivity index (χ0) is 13.3. The Balaban J connectivity index is 2.16. The Morgan fingerprint density at radius 2 is 1.94 bits per heavy atom. The summed E-state index contributed by atoms with van der Waals surface area (Å²) in [5, 5.41) is 10.5. The van der Waals surface area contributed by atoms with Gasteiger partial charge in [0.25, 0.3) is 0 Å². The second kappa shape index (κ2) is 5.10. The third kappa shape index (κ3) is 2.41. The van der Waals surface area contributed by atoms with Crippen LogP contribution in [0.15, 0.2) is 5.38 Å². The maximum Gasteiger partial charge on any atom is 0.348 e. The van der Waals surface area contributed by atoms with Gasteiger partial charge in [-0.05, 0) is 18.8 Å². The molecule has 0 spiro atoms. The van der Waals surface area contributed by atoms with Gasteiger partial charge in [-0.1, -0.05) is 19.8 Å². The first-order chi connectivity index (χ1) is 8.50. The van der Waals surface area contributed by atoms with Crippen molar-refractivity contribution in [3.05, 3.63) is 15.8 Å². The molecular weight excluding hydrogens is 250 g/mol. The smallest absolute Gasteiger partial charge is 0.348 e. The normalized spacial score (nSPS) is 23.8. The molecule has 1 heterocycles. The van der Waals surface area contributed by atoms with Crippen LogP contribution in [0, 0.1) is 11.8 Å². The molecule has 0 aromatic carbocycles. The van der Waals surface area contributed by atoms with Crippen molar-refractivity contribution in [3.63, 3.8) is 0 Å². The van der Waals surface area contributed by atoms with E-state index in [1.54, 1.807) is 5.38 Å². The fourth-order valence-corrected chi connectivity index (χ4v) is 3.28. The summed E-state index contributed by atoms with van der Waals surface area (Å²) >= 11 is 1.03. The molecule has 0 bridgehead atoms. The Hall–Kier alpha value is -1.36. The number of carboxylic acids is 1. The lowest BCUT2D eigenvalue weighted by Gasteiger charge is -2.24. The maximum absolute atomic E-state index is 12.3. The van der Waals surface area contributed by atoms with Gasteiger partial charge in [-0.2, -0.15) is 0 Å². The molecule has 2 rings (SSSR count). The highest BCUT2D eigenvalue weighted by atomic mass is 32.1. The van der Waals surface area contributed by atoms with Gasteiger partial charge in [-0.15, -0.1) is 11.3 Å². The van der Waals surface area contributed by atoms with Crippen LogP contribution in [0.4, 0.5) is 5.69 Å². The third-order valence-corrected chi connectivity index (χ3v) is 4.66. The van der Waals surface area contributed by atoms with Crippen molar-refractivity contribution in [3.8, 4) is 0 Å². The van der Waals surface area contributed by atoms with Crippen molar-refractivity contribution in [1.29, 1.82) is 0 Å². The standard InChI is InChI=1S/C13H17NO3S/c1-7-2-4-8(5-3-7)11(15)9-6-18-12(10(9)14)13(16)17/h6-8H,2-5,14H2,1H3,(H,16,17). The van der Waals surface area contributed by atoms with Crippen LogP contribution in [0.5, 0.6) is 0 Å². The van der Waals surface area contributed by atoms with Crippen molar-refractivity contribution in [2.45, 2.75) is 32.6 Å². The largest absolute Gasteiger partial charge is 0.477 e. The summed E-state index contributed by atoms with van der Waals surface area (Å²) in [7, 11) is 0. The highest BCUT2D eigenvalue weighted by molar-refractivity contribution is 7.13. The molecule has 1 aliphatic carbocycles. The molecule has 0 amide bonds. The number of hydrogen-bond acceptors (Lipinski definition) is 4. The van der Waals surface area contributed by atoms with Gasteiger partial charge in [-0.3, -0.25) is 4.79 Å². The first-order valence-corrected chi connectivity index (χ1v) is 7.03. The Bertz CT molecular complexity index is 473. The molecule has 1 fully saturated rings. The lowest BCUT2D eigenvalue weighted by atomic mass is 9.79. The van der Waals surface area contributed by atoms with E-state index in [1.807, 2.05) is 0 Å². The molecule has 0 aliphatic heterocycles. The number of carbonyl (C=O) groups excluding carboxylic acids is 1. The second-order valence-electron chi connectivity index (χ2n) is 5.02. The van der Waals surface area contributed by atoms with E-state index in [4.69, 9.17) is 10.8 Å². The zero-order valence-corrected chi connectivity index (χ0v) is 11.1. The minimum absolute atomic E-state index is 0.0137. The van der Waals surface area contributed by atoms with Crippen molar-refractivity contribution in [1.82, 2.24) is 0 Å². The molecule has 0 atom stereocenters. The predicted molar refractivity (Wildman–Crippen MR) is 71.1 cm³/mol. The van der Waals surface area contributed by atoms with Gasteiger partial charge >= 0.3 is 5.97 Å². The van der Waals surface area contributed by atoms with Crippen LogP contribution in [0.2, 0.25) is 0 Å². The molecule has 1 aromatic heterocycles. The van der Waals surface area contributed by atoms with Crippen LogP contribution in [-0.2, 0) is 0 Å². The summed E-state index contributed by atoms with van der Waals surface area (Å²) in [6, 6.07) is 0. The van der Waals surface area contributed by atoms with E-state index in [-0.39, 0.29) is 22.3 Å². The first kappa shape index (κ1) is 13.1. The number of anilines is 1. The van der Waals surface area contributed by atoms with Crippen LogP contribution in [0.3, 0.4) is 0 Å². The van der Waals surface area contributed by atoms with E-state index in [1.165, 1.54) is 0 Å². The van der Waals surface area contributed by atoms with Crippen molar-refractivity contribution in [2.24, 2.45) is 11.8 Å². The molecule has 1 saturated carbocycles. The number of carbonyl (C=O) groups is 2. The molecule has 1 aromatic rings. The summed E-state index contributed by atoms with van der Waals surface area (Å²) in [6.07, 6.45) is 3.90. The van der Waals surface area contributed by atoms with Crippen LogP contribution in [-0.4, -0.2) is 16.9 Å². The number of aromatic carboxylic acids is 1. The van der Waals surface area contributed by atoms with Crippen molar-refractivity contribution in [2.75, 3.05) is 5.73 Å². The van der Waals surface area contributed by atoms with Crippen LogP contribution in [0.1, 0.15) is 52.6 Å². The molecular formula is C13H17NO3S. The molecule has 18 heavy (non-hydrogen) atoms. The number of rotatable bonds is 3.